The van der Waals surface area contributed by atoms with Crippen LogP contribution in [0.1, 0.15) is 15.9 Å². The van der Waals surface area contributed by atoms with Crippen LogP contribution in [0, 0.1) is 18.6 Å². The zero-order valence-corrected chi connectivity index (χ0v) is 9.58. The van der Waals surface area contributed by atoms with Gasteiger partial charge in [-0.15, -0.1) is 0 Å². The molecule has 1 amide bonds. The summed E-state index contributed by atoms with van der Waals surface area (Å²) in [5, 5.41) is 2.41. The molecular formula is C13H10F2N2O. The van der Waals surface area contributed by atoms with E-state index >= 15 is 0 Å². The lowest BCUT2D eigenvalue weighted by Crippen LogP contribution is -2.15. The van der Waals surface area contributed by atoms with Crippen molar-refractivity contribution in [1.82, 2.24) is 4.98 Å². The molecule has 0 bridgehead atoms. The van der Waals surface area contributed by atoms with Gasteiger partial charge in [-0.2, -0.15) is 0 Å². The second-order valence-corrected chi connectivity index (χ2v) is 3.80. The first-order chi connectivity index (χ1) is 8.56. The second-order valence-electron chi connectivity index (χ2n) is 3.80. The van der Waals surface area contributed by atoms with Crippen molar-refractivity contribution in [3.63, 3.8) is 0 Å². The minimum atomic E-state index is -0.776. The summed E-state index contributed by atoms with van der Waals surface area (Å²) in [6.45, 7) is 1.83. The highest BCUT2D eigenvalue weighted by Crippen LogP contribution is 2.12. The maximum absolute atomic E-state index is 13.4. The Balaban J connectivity index is 2.24. The van der Waals surface area contributed by atoms with Crippen molar-refractivity contribution in [3.05, 3.63) is 59.3 Å². The topological polar surface area (TPSA) is 42.0 Å². The zero-order chi connectivity index (χ0) is 13.1. The Labute approximate surface area is 102 Å². The summed E-state index contributed by atoms with van der Waals surface area (Å²) < 4.78 is 26.3. The SMILES string of the molecule is Cc1ccnc(NC(=O)c2cc(F)ccc2F)c1. The minimum Gasteiger partial charge on any atom is -0.306 e. The molecule has 0 radical (unpaired) electrons. The van der Waals surface area contributed by atoms with Crippen molar-refractivity contribution in [3.8, 4) is 0 Å². The highest BCUT2D eigenvalue weighted by molar-refractivity contribution is 6.03. The molecule has 0 spiro atoms. The van der Waals surface area contributed by atoms with Crippen LogP contribution in [0.25, 0.3) is 0 Å². The van der Waals surface area contributed by atoms with Crippen LogP contribution in [0.4, 0.5) is 14.6 Å². The molecule has 3 nitrogen and oxygen atoms in total. The Hall–Kier alpha value is -2.30. The number of anilines is 1. The van der Waals surface area contributed by atoms with Crippen LogP contribution < -0.4 is 5.32 Å². The van der Waals surface area contributed by atoms with Gasteiger partial charge < -0.3 is 5.32 Å². The van der Waals surface area contributed by atoms with E-state index in [1.807, 2.05) is 6.92 Å². The van der Waals surface area contributed by atoms with E-state index in [1.165, 1.54) is 6.20 Å². The van der Waals surface area contributed by atoms with E-state index in [0.29, 0.717) is 5.82 Å². The maximum atomic E-state index is 13.4. The van der Waals surface area contributed by atoms with E-state index in [2.05, 4.69) is 10.3 Å². The summed E-state index contributed by atoms with van der Waals surface area (Å²) in [5.41, 5.74) is 0.554. The molecule has 5 heteroatoms. The molecule has 0 saturated heterocycles. The Kier molecular flexibility index (Phi) is 3.32. The number of amides is 1. The molecule has 0 atom stereocenters. The van der Waals surface area contributed by atoms with Crippen LogP contribution >= 0.6 is 0 Å². The largest absolute Gasteiger partial charge is 0.306 e. The Morgan fingerprint density at radius 1 is 1.22 bits per heavy atom. The number of carbonyl (C=O) groups is 1. The van der Waals surface area contributed by atoms with Crippen LogP contribution in [0.5, 0.6) is 0 Å². The Bertz CT molecular complexity index is 599. The van der Waals surface area contributed by atoms with Gasteiger partial charge in [-0.25, -0.2) is 13.8 Å². The van der Waals surface area contributed by atoms with Crippen molar-refractivity contribution >= 4 is 11.7 Å². The molecule has 18 heavy (non-hydrogen) atoms. The predicted octanol–water partition coefficient (Wildman–Crippen LogP) is 2.92. The molecule has 0 saturated carbocycles. The van der Waals surface area contributed by atoms with Crippen molar-refractivity contribution in [1.29, 1.82) is 0 Å². The van der Waals surface area contributed by atoms with Gasteiger partial charge in [0.1, 0.15) is 17.5 Å². The van der Waals surface area contributed by atoms with Crippen molar-refractivity contribution < 1.29 is 13.6 Å². The average Bonchev–Trinajstić information content (AvgIpc) is 2.32. The van der Waals surface area contributed by atoms with Crippen LogP contribution in [-0.2, 0) is 0 Å². The number of rotatable bonds is 2. The monoisotopic (exact) mass is 248 g/mol. The number of aryl methyl sites for hydroxylation is 1. The van der Waals surface area contributed by atoms with Crippen LogP contribution in [0.3, 0.4) is 0 Å². The van der Waals surface area contributed by atoms with E-state index in [4.69, 9.17) is 0 Å². The highest BCUT2D eigenvalue weighted by atomic mass is 19.1. The highest BCUT2D eigenvalue weighted by Gasteiger charge is 2.13. The summed E-state index contributed by atoms with van der Waals surface area (Å²) >= 11 is 0. The molecule has 0 aliphatic rings. The Morgan fingerprint density at radius 3 is 2.72 bits per heavy atom. The fraction of sp³-hybridized carbons (Fsp3) is 0.0769. The first-order valence-corrected chi connectivity index (χ1v) is 5.25. The van der Waals surface area contributed by atoms with Gasteiger partial charge in [0, 0.05) is 6.20 Å². The molecular weight excluding hydrogens is 238 g/mol. The first kappa shape index (κ1) is 12.2. The summed E-state index contributed by atoms with van der Waals surface area (Å²) in [6.07, 6.45) is 1.52. The van der Waals surface area contributed by atoms with E-state index in [9.17, 15) is 13.6 Å². The lowest BCUT2D eigenvalue weighted by molar-refractivity contribution is 0.102. The standard InChI is InChI=1S/C13H10F2N2O/c1-8-4-5-16-12(6-8)17-13(18)10-7-9(14)2-3-11(10)15/h2-7H,1H3,(H,16,17,18). The van der Waals surface area contributed by atoms with Gasteiger partial charge >= 0.3 is 0 Å². The molecule has 1 aromatic carbocycles. The lowest BCUT2D eigenvalue weighted by Gasteiger charge is -2.06. The summed E-state index contributed by atoms with van der Waals surface area (Å²) in [7, 11) is 0. The third-order valence-corrected chi connectivity index (χ3v) is 2.33. The van der Waals surface area contributed by atoms with E-state index < -0.39 is 17.5 Å². The molecule has 0 aliphatic heterocycles. The minimum absolute atomic E-state index is 0.295. The Morgan fingerprint density at radius 2 is 2.00 bits per heavy atom. The van der Waals surface area contributed by atoms with Crippen LogP contribution in [0.2, 0.25) is 0 Å². The number of halogens is 2. The normalized spacial score (nSPS) is 10.2. The molecule has 0 fully saturated rings. The number of pyridine rings is 1. The van der Waals surface area contributed by atoms with Gasteiger partial charge in [-0.05, 0) is 42.8 Å². The quantitative estimate of drug-likeness (QED) is 0.887. The van der Waals surface area contributed by atoms with Gasteiger partial charge in [0.15, 0.2) is 0 Å². The summed E-state index contributed by atoms with van der Waals surface area (Å²) in [6, 6.07) is 6.11. The number of benzene rings is 1. The van der Waals surface area contributed by atoms with Gasteiger partial charge in [-0.1, -0.05) is 0 Å². The first-order valence-electron chi connectivity index (χ1n) is 5.25. The van der Waals surface area contributed by atoms with Crippen LogP contribution in [0.15, 0.2) is 36.5 Å². The molecule has 1 N–H and O–H groups in total. The number of nitrogens with zero attached hydrogens (tertiary/aromatic N) is 1. The molecule has 0 aliphatic carbocycles. The smallest absolute Gasteiger partial charge is 0.259 e. The van der Waals surface area contributed by atoms with E-state index in [1.54, 1.807) is 12.1 Å². The number of hydrogen-bond acceptors (Lipinski definition) is 2. The summed E-state index contributed by atoms with van der Waals surface area (Å²) in [4.78, 5) is 15.6. The number of hydrogen-bond donors (Lipinski definition) is 1. The zero-order valence-electron chi connectivity index (χ0n) is 9.58. The third kappa shape index (κ3) is 2.68. The van der Waals surface area contributed by atoms with Crippen molar-refractivity contribution in [2.75, 3.05) is 5.32 Å². The molecule has 1 aromatic heterocycles. The molecule has 1 heterocycles. The van der Waals surface area contributed by atoms with E-state index in [0.717, 1.165) is 23.8 Å². The maximum Gasteiger partial charge on any atom is 0.259 e. The average molecular weight is 248 g/mol. The second kappa shape index (κ2) is 4.91. The number of aromatic nitrogens is 1. The van der Waals surface area contributed by atoms with Crippen LogP contribution in [-0.4, -0.2) is 10.9 Å². The number of carbonyl (C=O) groups excluding carboxylic acids is 1. The molecule has 2 aromatic rings. The van der Waals surface area contributed by atoms with E-state index in [-0.39, 0.29) is 5.56 Å². The van der Waals surface area contributed by atoms with Gasteiger partial charge in [0.25, 0.3) is 5.91 Å². The van der Waals surface area contributed by atoms with Gasteiger partial charge in [-0.3, -0.25) is 4.79 Å². The molecule has 92 valence electrons. The predicted molar refractivity (Wildman–Crippen MR) is 63.3 cm³/mol. The van der Waals surface area contributed by atoms with Crippen molar-refractivity contribution in [2.45, 2.75) is 6.92 Å². The van der Waals surface area contributed by atoms with Gasteiger partial charge in [0.05, 0.1) is 5.56 Å². The molecule has 0 unspecified atom stereocenters. The fourth-order valence-corrected chi connectivity index (χ4v) is 1.46. The number of nitrogens with one attached hydrogen (secondary N) is 1. The van der Waals surface area contributed by atoms with Crippen molar-refractivity contribution in [2.24, 2.45) is 0 Å². The molecule has 2 rings (SSSR count). The fourth-order valence-electron chi connectivity index (χ4n) is 1.46. The third-order valence-electron chi connectivity index (χ3n) is 2.33. The van der Waals surface area contributed by atoms with Gasteiger partial charge in [0.2, 0.25) is 0 Å². The lowest BCUT2D eigenvalue weighted by atomic mass is 10.2. The summed E-state index contributed by atoms with van der Waals surface area (Å²) in [5.74, 6) is -1.88.